The van der Waals surface area contributed by atoms with Crippen molar-refractivity contribution in [2.75, 3.05) is 6.54 Å². The molecule has 0 spiro atoms. The Kier molecular flexibility index (Phi) is 5.05. The Morgan fingerprint density at radius 2 is 1.85 bits per heavy atom. The van der Waals surface area contributed by atoms with E-state index in [1.54, 1.807) is 0 Å². The molecule has 1 aliphatic rings. The summed E-state index contributed by atoms with van der Waals surface area (Å²) < 4.78 is 38.6. The van der Waals surface area contributed by atoms with Gasteiger partial charge in [0.2, 0.25) is 0 Å². The summed E-state index contributed by atoms with van der Waals surface area (Å²) in [7, 11) is 0. The lowest BCUT2D eigenvalue weighted by molar-refractivity contribution is -0.142. The summed E-state index contributed by atoms with van der Waals surface area (Å²) in [5.74, 6) is -0.896. The predicted molar refractivity (Wildman–Crippen MR) is 91.8 cm³/mol. The van der Waals surface area contributed by atoms with Crippen LogP contribution in [0.1, 0.15) is 41.1 Å². The third kappa shape index (κ3) is 3.75. The molecule has 138 valence electrons. The summed E-state index contributed by atoms with van der Waals surface area (Å²) in [5.41, 5.74) is 1.86. The minimum absolute atomic E-state index is 0.388. The van der Waals surface area contributed by atoms with Crippen molar-refractivity contribution < 1.29 is 23.1 Å². The van der Waals surface area contributed by atoms with Gasteiger partial charge < -0.3 is 5.11 Å². The van der Waals surface area contributed by atoms with E-state index in [1.807, 2.05) is 36.1 Å². The fourth-order valence-electron chi connectivity index (χ4n) is 3.63. The van der Waals surface area contributed by atoms with Crippen LogP contribution in [0.4, 0.5) is 13.2 Å². The van der Waals surface area contributed by atoms with E-state index in [9.17, 15) is 23.1 Å². The molecule has 0 aromatic heterocycles. The van der Waals surface area contributed by atoms with Gasteiger partial charge in [0.1, 0.15) is 6.04 Å². The molecule has 1 saturated heterocycles. The molecule has 26 heavy (non-hydrogen) atoms. The smallest absolute Gasteiger partial charge is 0.416 e. The van der Waals surface area contributed by atoms with Gasteiger partial charge in [-0.25, -0.2) is 0 Å². The molecular formula is C20H20F3NO2. The number of likely N-dealkylation sites (tertiary alicyclic amines) is 1. The highest BCUT2D eigenvalue weighted by Gasteiger charge is 2.37. The van der Waals surface area contributed by atoms with Crippen LogP contribution in [0.15, 0.2) is 48.5 Å². The molecule has 0 radical (unpaired) electrons. The first-order valence-electron chi connectivity index (χ1n) is 8.49. The Hall–Kier alpha value is -2.34. The first kappa shape index (κ1) is 18.5. The zero-order valence-corrected chi connectivity index (χ0v) is 14.3. The summed E-state index contributed by atoms with van der Waals surface area (Å²) in [4.78, 5) is 13.5. The standard InChI is InChI=1S/C20H20F3NO2/c1-13-4-2-5-15(12-13)18(24-11-3-6-17(24)19(25)26)14-7-9-16(10-8-14)20(21,22)23/h2,4-5,7-10,12,17-18H,3,6,11H2,1H3,(H,25,26). The molecule has 2 atom stereocenters. The second-order valence-electron chi connectivity index (χ2n) is 6.67. The van der Waals surface area contributed by atoms with Gasteiger partial charge in [-0.1, -0.05) is 42.0 Å². The molecular weight excluding hydrogens is 343 g/mol. The average Bonchev–Trinajstić information content (AvgIpc) is 3.04. The van der Waals surface area contributed by atoms with Crippen LogP contribution < -0.4 is 0 Å². The van der Waals surface area contributed by atoms with Gasteiger partial charge in [0.15, 0.2) is 0 Å². The number of aryl methyl sites for hydroxylation is 1. The van der Waals surface area contributed by atoms with Crippen LogP contribution >= 0.6 is 0 Å². The van der Waals surface area contributed by atoms with Crippen LogP contribution in [0, 0.1) is 6.92 Å². The summed E-state index contributed by atoms with van der Waals surface area (Å²) in [5, 5.41) is 9.54. The van der Waals surface area contributed by atoms with E-state index in [0.717, 1.165) is 29.7 Å². The molecule has 0 amide bonds. The number of rotatable bonds is 4. The zero-order valence-electron chi connectivity index (χ0n) is 14.3. The van der Waals surface area contributed by atoms with Gasteiger partial charge in [-0.15, -0.1) is 0 Å². The first-order valence-corrected chi connectivity index (χ1v) is 8.49. The van der Waals surface area contributed by atoms with Crippen molar-refractivity contribution in [3.63, 3.8) is 0 Å². The van der Waals surface area contributed by atoms with Crippen LogP contribution in [0.5, 0.6) is 0 Å². The first-order chi connectivity index (χ1) is 12.3. The van der Waals surface area contributed by atoms with Crippen molar-refractivity contribution in [1.82, 2.24) is 4.90 Å². The minimum atomic E-state index is -4.39. The Morgan fingerprint density at radius 1 is 1.15 bits per heavy atom. The van der Waals surface area contributed by atoms with Crippen LogP contribution in [0.2, 0.25) is 0 Å². The molecule has 2 aromatic carbocycles. The van der Waals surface area contributed by atoms with Gasteiger partial charge in [-0.3, -0.25) is 9.69 Å². The molecule has 0 aliphatic carbocycles. The largest absolute Gasteiger partial charge is 0.480 e. The quantitative estimate of drug-likeness (QED) is 0.859. The van der Waals surface area contributed by atoms with Crippen LogP contribution in [-0.2, 0) is 11.0 Å². The number of aliphatic carboxylic acids is 1. The zero-order chi connectivity index (χ0) is 18.9. The third-order valence-corrected chi connectivity index (χ3v) is 4.82. The summed E-state index contributed by atoms with van der Waals surface area (Å²) in [6.07, 6.45) is -3.10. The Labute approximate surface area is 150 Å². The fraction of sp³-hybridized carbons (Fsp3) is 0.350. The van der Waals surface area contributed by atoms with Gasteiger partial charge in [0, 0.05) is 6.54 Å². The molecule has 0 bridgehead atoms. The van der Waals surface area contributed by atoms with E-state index in [-0.39, 0.29) is 6.04 Å². The van der Waals surface area contributed by atoms with Gasteiger partial charge in [-0.05, 0) is 43.0 Å². The summed E-state index contributed by atoms with van der Waals surface area (Å²) >= 11 is 0. The van der Waals surface area contributed by atoms with E-state index in [2.05, 4.69) is 0 Å². The number of benzene rings is 2. The minimum Gasteiger partial charge on any atom is -0.480 e. The Balaban J connectivity index is 2.05. The van der Waals surface area contributed by atoms with Gasteiger partial charge >= 0.3 is 12.1 Å². The van der Waals surface area contributed by atoms with Crippen molar-refractivity contribution in [2.24, 2.45) is 0 Å². The number of carbonyl (C=O) groups is 1. The van der Waals surface area contributed by atoms with Crippen molar-refractivity contribution in [2.45, 2.75) is 38.0 Å². The topological polar surface area (TPSA) is 40.5 Å². The number of nitrogens with zero attached hydrogens (tertiary/aromatic N) is 1. The van der Waals surface area contributed by atoms with E-state index < -0.39 is 23.8 Å². The van der Waals surface area contributed by atoms with E-state index in [1.165, 1.54) is 12.1 Å². The SMILES string of the molecule is Cc1cccc(C(c2ccc(C(F)(F)F)cc2)N2CCCC2C(=O)O)c1. The number of carboxylic acids is 1. The predicted octanol–water partition coefficient (Wildman–Crippen LogP) is 4.65. The van der Waals surface area contributed by atoms with Crippen molar-refractivity contribution in [1.29, 1.82) is 0 Å². The van der Waals surface area contributed by atoms with E-state index in [4.69, 9.17) is 0 Å². The number of hydrogen-bond acceptors (Lipinski definition) is 2. The lowest BCUT2D eigenvalue weighted by atomic mass is 9.94. The lowest BCUT2D eigenvalue weighted by Gasteiger charge is -2.32. The second kappa shape index (κ2) is 7.11. The summed E-state index contributed by atoms with van der Waals surface area (Å²) in [6, 6.07) is 11.7. The van der Waals surface area contributed by atoms with Gasteiger partial charge in [0.05, 0.1) is 11.6 Å². The number of halogens is 3. The average molecular weight is 363 g/mol. The van der Waals surface area contributed by atoms with Crippen LogP contribution in [-0.4, -0.2) is 28.6 Å². The van der Waals surface area contributed by atoms with Crippen LogP contribution in [0.25, 0.3) is 0 Å². The molecule has 3 nitrogen and oxygen atoms in total. The van der Waals surface area contributed by atoms with Crippen molar-refractivity contribution in [3.05, 3.63) is 70.8 Å². The number of carboxylic acid groups (broad SMARTS) is 1. The van der Waals surface area contributed by atoms with Gasteiger partial charge in [-0.2, -0.15) is 13.2 Å². The van der Waals surface area contributed by atoms with Crippen LogP contribution in [0.3, 0.4) is 0 Å². The Bertz CT molecular complexity index is 786. The summed E-state index contributed by atoms with van der Waals surface area (Å²) in [6.45, 7) is 2.53. The second-order valence-corrected chi connectivity index (χ2v) is 6.67. The fourth-order valence-corrected chi connectivity index (χ4v) is 3.63. The highest BCUT2D eigenvalue weighted by atomic mass is 19.4. The normalized spacial score (nSPS) is 19.5. The lowest BCUT2D eigenvalue weighted by Crippen LogP contribution is -2.39. The molecule has 3 rings (SSSR count). The highest BCUT2D eigenvalue weighted by molar-refractivity contribution is 5.74. The van der Waals surface area contributed by atoms with Crippen molar-refractivity contribution in [3.8, 4) is 0 Å². The highest BCUT2D eigenvalue weighted by Crippen LogP contribution is 2.37. The third-order valence-electron chi connectivity index (χ3n) is 4.82. The van der Waals surface area contributed by atoms with Crippen molar-refractivity contribution >= 4 is 5.97 Å². The molecule has 2 aromatic rings. The van der Waals surface area contributed by atoms with Gasteiger partial charge in [0.25, 0.3) is 0 Å². The molecule has 0 saturated carbocycles. The maximum atomic E-state index is 12.9. The molecule has 1 fully saturated rings. The molecule has 1 aliphatic heterocycles. The maximum Gasteiger partial charge on any atom is 0.416 e. The molecule has 6 heteroatoms. The monoisotopic (exact) mass is 363 g/mol. The number of alkyl halides is 3. The Morgan fingerprint density at radius 3 is 2.42 bits per heavy atom. The molecule has 1 heterocycles. The van der Waals surface area contributed by atoms with E-state index >= 15 is 0 Å². The molecule has 1 N–H and O–H groups in total. The molecule has 2 unspecified atom stereocenters. The maximum absolute atomic E-state index is 12.9. The van der Waals surface area contributed by atoms with E-state index in [0.29, 0.717) is 18.5 Å². The number of hydrogen-bond donors (Lipinski definition) is 1.